The molecule has 0 N–H and O–H groups in total. The van der Waals surface area contributed by atoms with Crippen LogP contribution in [0.4, 0.5) is 0 Å². The minimum absolute atomic E-state index is 0.0141. The summed E-state index contributed by atoms with van der Waals surface area (Å²) in [6.07, 6.45) is 0. The predicted molar refractivity (Wildman–Crippen MR) is 64.0 cm³/mol. The number of carbonyl (C=O) groups is 2. The lowest BCUT2D eigenvalue weighted by Crippen LogP contribution is -1.96. The van der Waals surface area contributed by atoms with E-state index in [9.17, 15) is 9.59 Å². The molecular formula is C14H12O2. The van der Waals surface area contributed by atoms with Gasteiger partial charge in [-0.2, -0.15) is 0 Å². The Morgan fingerprint density at radius 1 is 0.938 bits per heavy atom. The van der Waals surface area contributed by atoms with Gasteiger partial charge in [0.05, 0.1) is 0 Å². The van der Waals surface area contributed by atoms with Crippen LogP contribution in [0, 0.1) is 0 Å². The van der Waals surface area contributed by atoms with Crippen LogP contribution in [0.5, 0.6) is 0 Å². The van der Waals surface area contributed by atoms with Gasteiger partial charge < -0.3 is 0 Å². The monoisotopic (exact) mass is 212 g/mol. The van der Waals surface area contributed by atoms with Gasteiger partial charge in [-0.3, -0.25) is 9.59 Å². The molecule has 0 saturated carbocycles. The molecular weight excluding hydrogens is 200 g/mol. The van der Waals surface area contributed by atoms with Crippen LogP contribution in [0.3, 0.4) is 0 Å². The highest BCUT2D eigenvalue weighted by Gasteiger charge is 2.07. The van der Waals surface area contributed by atoms with Gasteiger partial charge in [0.2, 0.25) is 0 Å². The highest BCUT2D eigenvalue weighted by Crippen LogP contribution is 2.21. The summed E-state index contributed by atoms with van der Waals surface area (Å²) in [5.41, 5.74) is 1.31. The summed E-state index contributed by atoms with van der Waals surface area (Å²) in [6, 6.07) is 11.0. The lowest BCUT2D eigenvalue weighted by molar-refractivity contribution is 0.100. The first kappa shape index (κ1) is 10.6. The van der Waals surface area contributed by atoms with Crippen molar-refractivity contribution in [3.63, 3.8) is 0 Å². The van der Waals surface area contributed by atoms with Crippen LogP contribution in [0.15, 0.2) is 36.4 Å². The van der Waals surface area contributed by atoms with Crippen molar-refractivity contribution in [3.05, 3.63) is 47.5 Å². The highest BCUT2D eigenvalue weighted by atomic mass is 16.1. The molecule has 0 radical (unpaired) electrons. The molecule has 0 unspecified atom stereocenters. The van der Waals surface area contributed by atoms with E-state index in [1.807, 2.05) is 18.2 Å². The molecule has 0 fully saturated rings. The fourth-order valence-corrected chi connectivity index (χ4v) is 1.80. The summed E-state index contributed by atoms with van der Waals surface area (Å²) < 4.78 is 0. The smallest absolute Gasteiger partial charge is 0.160 e. The Morgan fingerprint density at radius 3 is 2.31 bits per heavy atom. The largest absolute Gasteiger partial charge is 0.295 e. The molecule has 0 aliphatic rings. The van der Waals surface area contributed by atoms with Gasteiger partial charge in [0.15, 0.2) is 11.6 Å². The quantitative estimate of drug-likeness (QED) is 0.716. The second-order valence-corrected chi connectivity index (χ2v) is 3.85. The maximum absolute atomic E-state index is 11.5. The minimum Gasteiger partial charge on any atom is -0.295 e. The van der Waals surface area contributed by atoms with Crippen molar-refractivity contribution < 1.29 is 9.59 Å². The van der Waals surface area contributed by atoms with Crippen molar-refractivity contribution in [2.24, 2.45) is 0 Å². The van der Waals surface area contributed by atoms with Gasteiger partial charge in [-0.25, -0.2) is 0 Å². The van der Waals surface area contributed by atoms with E-state index in [0.717, 1.165) is 10.8 Å². The van der Waals surface area contributed by atoms with Gasteiger partial charge in [-0.1, -0.05) is 30.3 Å². The van der Waals surface area contributed by atoms with E-state index in [2.05, 4.69) is 0 Å². The molecule has 2 rings (SSSR count). The SMILES string of the molecule is CC(=O)c1ccc2cccc(C(C)=O)c2c1. The van der Waals surface area contributed by atoms with Crippen LogP contribution in [-0.4, -0.2) is 11.6 Å². The number of carbonyl (C=O) groups excluding carboxylic acids is 2. The summed E-state index contributed by atoms with van der Waals surface area (Å²) >= 11 is 0. The number of fused-ring (bicyclic) bond motifs is 1. The topological polar surface area (TPSA) is 34.1 Å². The molecule has 2 heteroatoms. The summed E-state index contributed by atoms with van der Waals surface area (Å²) in [6.45, 7) is 3.06. The lowest BCUT2D eigenvalue weighted by atomic mass is 9.99. The number of hydrogen-bond acceptors (Lipinski definition) is 2. The summed E-state index contributed by atoms with van der Waals surface area (Å²) in [7, 11) is 0. The zero-order chi connectivity index (χ0) is 11.7. The number of benzene rings is 2. The molecule has 0 aliphatic carbocycles. The third kappa shape index (κ3) is 1.74. The zero-order valence-electron chi connectivity index (χ0n) is 9.28. The van der Waals surface area contributed by atoms with Crippen LogP contribution in [0.2, 0.25) is 0 Å². The van der Waals surface area contributed by atoms with E-state index in [4.69, 9.17) is 0 Å². The fourth-order valence-electron chi connectivity index (χ4n) is 1.80. The van der Waals surface area contributed by atoms with E-state index >= 15 is 0 Å². The predicted octanol–water partition coefficient (Wildman–Crippen LogP) is 3.25. The standard InChI is InChI=1S/C14H12O2/c1-9(15)12-7-6-11-4-3-5-13(10(2)16)14(11)8-12/h3-8H,1-2H3. The molecule has 2 nitrogen and oxygen atoms in total. The minimum atomic E-state index is 0.0141. The van der Waals surface area contributed by atoms with Crippen molar-refractivity contribution in [2.75, 3.05) is 0 Å². The second-order valence-electron chi connectivity index (χ2n) is 3.85. The van der Waals surface area contributed by atoms with Crippen LogP contribution < -0.4 is 0 Å². The van der Waals surface area contributed by atoms with Crippen molar-refractivity contribution in [3.8, 4) is 0 Å². The van der Waals surface area contributed by atoms with E-state index < -0.39 is 0 Å². The van der Waals surface area contributed by atoms with Gasteiger partial charge >= 0.3 is 0 Å². The van der Waals surface area contributed by atoms with E-state index in [1.165, 1.54) is 13.8 Å². The van der Waals surface area contributed by atoms with Crippen molar-refractivity contribution in [1.82, 2.24) is 0 Å². The number of Topliss-reactive ketones (excluding diaryl/α,β-unsaturated/α-hetero) is 2. The molecule has 0 bridgehead atoms. The van der Waals surface area contributed by atoms with Crippen molar-refractivity contribution in [1.29, 1.82) is 0 Å². The van der Waals surface area contributed by atoms with Crippen LogP contribution in [-0.2, 0) is 0 Å². The molecule has 0 atom stereocenters. The Morgan fingerprint density at radius 2 is 1.69 bits per heavy atom. The maximum atomic E-state index is 11.5. The van der Waals surface area contributed by atoms with Crippen LogP contribution in [0.25, 0.3) is 10.8 Å². The zero-order valence-corrected chi connectivity index (χ0v) is 9.28. The molecule has 0 spiro atoms. The average Bonchev–Trinajstić information content (AvgIpc) is 2.27. The van der Waals surface area contributed by atoms with Crippen LogP contribution in [0.1, 0.15) is 34.6 Å². The fraction of sp³-hybridized carbons (Fsp3) is 0.143. The molecule has 0 aromatic heterocycles. The summed E-state index contributed by atoms with van der Waals surface area (Å²) in [5, 5.41) is 1.83. The first-order valence-corrected chi connectivity index (χ1v) is 5.14. The third-order valence-corrected chi connectivity index (χ3v) is 2.67. The number of rotatable bonds is 2. The summed E-state index contributed by atoms with van der Waals surface area (Å²) in [4.78, 5) is 22.7. The molecule has 0 aliphatic heterocycles. The molecule has 2 aromatic rings. The van der Waals surface area contributed by atoms with E-state index in [-0.39, 0.29) is 11.6 Å². The van der Waals surface area contributed by atoms with Crippen LogP contribution >= 0.6 is 0 Å². The molecule has 2 aromatic carbocycles. The Balaban J connectivity index is 2.78. The number of ketones is 2. The van der Waals surface area contributed by atoms with E-state index in [1.54, 1.807) is 18.2 Å². The van der Waals surface area contributed by atoms with Gasteiger partial charge in [0.1, 0.15) is 0 Å². The molecule has 0 saturated heterocycles. The average molecular weight is 212 g/mol. The van der Waals surface area contributed by atoms with E-state index in [0.29, 0.717) is 11.1 Å². The Labute approximate surface area is 93.9 Å². The summed E-state index contributed by atoms with van der Waals surface area (Å²) in [5.74, 6) is 0.0338. The van der Waals surface area contributed by atoms with Gasteiger partial charge in [0.25, 0.3) is 0 Å². The molecule has 0 amide bonds. The Hall–Kier alpha value is -1.96. The van der Waals surface area contributed by atoms with Crippen molar-refractivity contribution in [2.45, 2.75) is 13.8 Å². The molecule has 16 heavy (non-hydrogen) atoms. The van der Waals surface area contributed by atoms with Gasteiger partial charge in [-0.15, -0.1) is 0 Å². The van der Waals surface area contributed by atoms with Gasteiger partial charge in [-0.05, 0) is 30.7 Å². The molecule has 0 heterocycles. The third-order valence-electron chi connectivity index (χ3n) is 2.67. The maximum Gasteiger partial charge on any atom is 0.160 e. The van der Waals surface area contributed by atoms with Crippen molar-refractivity contribution >= 4 is 22.3 Å². The highest BCUT2D eigenvalue weighted by molar-refractivity contribution is 6.09. The second kappa shape index (κ2) is 3.89. The normalized spacial score (nSPS) is 10.4. The molecule has 80 valence electrons. The first-order valence-electron chi connectivity index (χ1n) is 5.14. The Bertz CT molecular complexity index is 582. The van der Waals surface area contributed by atoms with Gasteiger partial charge in [0, 0.05) is 11.1 Å². The lowest BCUT2D eigenvalue weighted by Gasteiger charge is -2.04. The Kier molecular flexibility index (Phi) is 2.57. The number of hydrogen-bond donors (Lipinski definition) is 0. The first-order chi connectivity index (χ1) is 7.59.